The normalized spacial score (nSPS) is 11.1. The van der Waals surface area contributed by atoms with Gasteiger partial charge >= 0.3 is 0 Å². The minimum atomic E-state index is -0.329. The van der Waals surface area contributed by atoms with E-state index in [0.29, 0.717) is 44.1 Å². The lowest BCUT2D eigenvalue weighted by Crippen LogP contribution is -2.11. The van der Waals surface area contributed by atoms with Crippen LogP contribution < -0.4 is 5.56 Å². The van der Waals surface area contributed by atoms with E-state index in [9.17, 15) is 9.90 Å². The molecule has 2 aromatic carbocycles. The van der Waals surface area contributed by atoms with E-state index in [-0.39, 0.29) is 11.3 Å². The van der Waals surface area contributed by atoms with Gasteiger partial charge in [-0.15, -0.1) is 0 Å². The summed E-state index contributed by atoms with van der Waals surface area (Å²) in [7, 11) is 0. The van der Waals surface area contributed by atoms with Crippen LogP contribution in [-0.4, -0.2) is 15.2 Å². The van der Waals surface area contributed by atoms with E-state index >= 15 is 0 Å². The van der Waals surface area contributed by atoms with Crippen LogP contribution >= 0.6 is 11.6 Å². The fourth-order valence-corrected chi connectivity index (χ4v) is 3.12. The predicted molar refractivity (Wildman–Crippen MR) is 96.9 cm³/mol. The van der Waals surface area contributed by atoms with Crippen LogP contribution in [0.3, 0.4) is 0 Å². The Balaban J connectivity index is 2.21. The Kier molecular flexibility index (Phi) is 3.58. The van der Waals surface area contributed by atoms with Gasteiger partial charge in [0.1, 0.15) is 5.75 Å². The quantitative estimate of drug-likeness (QED) is 0.556. The highest BCUT2D eigenvalue weighted by atomic mass is 35.5. The Bertz CT molecular complexity index is 1160. The lowest BCUT2D eigenvalue weighted by molar-refractivity contribution is 0.427. The van der Waals surface area contributed by atoms with Crippen molar-refractivity contribution in [2.45, 2.75) is 6.92 Å². The molecule has 0 unspecified atom stereocenters. The molecule has 4 aromatic rings. The summed E-state index contributed by atoms with van der Waals surface area (Å²) in [6.07, 6.45) is 0. The summed E-state index contributed by atoms with van der Waals surface area (Å²) in [6.45, 7) is 1.78. The van der Waals surface area contributed by atoms with E-state index in [1.165, 1.54) is 0 Å². The van der Waals surface area contributed by atoms with Crippen molar-refractivity contribution in [1.82, 2.24) is 10.1 Å². The second-order valence-corrected chi connectivity index (χ2v) is 6.18. The Morgan fingerprint density at radius 3 is 2.64 bits per heavy atom. The molecule has 124 valence electrons. The van der Waals surface area contributed by atoms with Crippen LogP contribution in [0.1, 0.15) is 5.69 Å². The molecule has 0 aliphatic rings. The molecule has 4 rings (SSSR count). The molecule has 0 radical (unpaired) electrons. The number of para-hydroxylation sites is 1. The van der Waals surface area contributed by atoms with Crippen molar-refractivity contribution in [2.24, 2.45) is 0 Å². The van der Waals surface area contributed by atoms with Crippen LogP contribution in [0.25, 0.3) is 33.4 Å². The minimum Gasteiger partial charge on any atom is -0.507 e. The number of halogens is 1. The number of fused-ring (bicyclic) bond motifs is 1. The van der Waals surface area contributed by atoms with Crippen molar-refractivity contribution in [3.8, 4) is 28.2 Å². The fraction of sp³-hybridized carbons (Fsp3) is 0.0526. The van der Waals surface area contributed by atoms with Crippen molar-refractivity contribution >= 4 is 22.5 Å². The molecular weight excluding hydrogens is 340 g/mol. The number of phenols is 1. The molecule has 0 spiro atoms. The predicted octanol–water partition coefficient (Wildman–Crippen LogP) is 4.52. The van der Waals surface area contributed by atoms with Gasteiger partial charge in [-0.25, -0.2) is 0 Å². The number of pyridine rings is 1. The number of aromatic hydroxyl groups is 1. The molecule has 0 aliphatic carbocycles. The first-order valence-corrected chi connectivity index (χ1v) is 8.00. The SMILES string of the molecule is Cc1cc(-c2c(-c3ccccc3O)c3cc(Cl)ccc3[nH]c2=O)on1. The zero-order valence-corrected chi connectivity index (χ0v) is 14.0. The molecule has 0 saturated heterocycles. The molecule has 5 nitrogen and oxygen atoms in total. The van der Waals surface area contributed by atoms with Gasteiger partial charge in [0.2, 0.25) is 0 Å². The highest BCUT2D eigenvalue weighted by Gasteiger charge is 2.21. The number of benzene rings is 2. The summed E-state index contributed by atoms with van der Waals surface area (Å²) >= 11 is 6.17. The highest BCUT2D eigenvalue weighted by Crippen LogP contribution is 2.39. The smallest absolute Gasteiger partial charge is 0.260 e. The fourth-order valence-electron chi connectivity index (χ4n) is 2.95. The molecule has 2 heterocycles. The number of aryl methyl sites for hydroxylation is 1. The average Bonchev–Trinajstić information content (AvgIpc) is 3.01. The van der Waals surface area contributed by atoms with Crippen molar-refractivity contribution < 1.29 is 9.63 Å². The first-order chi connectivity index (χ1) is 12.0. The molecule has 0 fully saturated rings. The first-order valence-electron chi connectivity index (χ1n) is 7.62. The third-order valence-corrected chi connectivity index (χ3v) is 4.26. The Hall–Kier alpha value is -3.05. The van der Waals surface area contributed by atoms with E-state index in [2.05, 4.69) is 10.1 Å². The number of aromatic amines is 1. The summed E-state index contributed by atoms with van der Waals surface area (Å²) in [4.78, 5) is 15.6. The molecule has 2 N–H and O–H groups in total. The van der Waals surface area contributed by atoms with E-state index in [4.69, 9.17) is 16.1 Å². The Morgan fingerprint density at radius 2 is 1.92 bits per heavy atom. The summed E-state index contributed by atoms with van der Waals surface area (Å²) < 4.78 is 5.33. The third kappa shape index (κ3) is 2.58. The summed E-state index contributed by atoms with van der Waals surface area (Å²) in [5.74, 6) is 0.394. The molecule has 0 atom stereocenters. The first kappa shape index (κ1) is 15.5. The van der Waals surface area contributed by atoms with Gasteiger partial charge in [-0.3, -0.25) is 4.79 Å². The molecule has 0 bridgehead atoms. The molecule has 0 saturated carbocycles. The van der Waals surface area contributed by atoms with Gasteiger partial charge in [0.25, 0.3) is 5.56 Å². The molecule has 0 aliphatic heterocycles. The number of aromatic nitrogens is 2. The standard InChI is InChI=1S/C19H13ClN2O3/c1-10-8-16(25-22-10)18-17(12-4-2-3-5-15(12)23)13-9-11(20)6-7-14(13)21-19(18)24/h2-9,23H,1H3,(H,21,24). The maximum Gasteiger partial charge on any atom is 0.260 e. The molecule has 0 amide bonds. The largest absolute Gasteiger partial charge is 0.507 e. The molecule has 6 heteroatoms. The lowest BCUT2D eigenvalue weighted by Gasteiger charge is -2.12. The van der Waals surface area contributed by atoms with Gasteiger partial charge in [-0.1, -0.05) is 35.0 Å². The van der Waals surface area contributed by atoms with Crippen molar-refractivity contribution in [3.05, 3.63) is 69.6 Å². The van der Waals surface area contributed by atoms with Crippen molar-refractivity contribution in [1.29, 1.82) is 0 Å². The van der Waals surface area contributed by atoms with Crippen molar-refractivity contribution in [2.75, 3.05) is 0 Å². The lowest BCUT2D eigenvalue weighted by atomic mass is 9.94. The van der Waals surface area contributed by atoms with E-state index in [1.807, 2.05) is 0 Å². The van der Waals surface area contributed by atoms with Gasteiger partial charge < -0.3 is 14.6 Å². The van der Waals surface area contributed by atoms with Crippen LogP contribution in [0.5, 0.6) is 5.75 Å². The third-order valence-electron chi connectivity index (χ3n) is 4.02. The van der Waals surface area contributed by atoms with E-state index in [1.54, 1.807) is 55.5 Å². The Morgan fingerprint density at radius 1 is 1.12 bits per heavy atom. The topological polar surface area (TPSA) is 79.1 Å². The molecule has 25 heavy (non-hydrogen) atoms. The summed E-state index contributed by atoms with van der Waals surface area (Å²) in [5.41, 5.74) is 2.32. The van der Waals surface area contributed by atoms with Crippen LogP contribution in [0.4, 0.5) is 0 Å². The number of nitrogens with one attached hydrogen (secondary N) is 1. The average molecular weight is 353 g/mol. The van der Waals surface area contributed by atoms with Crippen LogP contribution in [0, 0.1) is 6.92 Å². The number of hydrogen-bond donors (Lipinski definition) is 2. The molecular formula is C19H13ClN2O3. The number of nitrogens with zero attached hydrogens (tertiary/aromatic N) is 1. The second kappa shape index (κ2) is 5.79. The van der Waals surface area contributed by atoms with Gasteiger partial charge in [0.15, 0.2) is 5.76 Å². The van der Waals surface area contributed by atoms with Crippen molar-refractivity contribution in [3.63, 3.8) is 0 Å². The number of hydrogen-bond acceptors (Lipinski definition) is 4. The second-order valence-electron chi connectivity index (χ2n) is 5.74. The summed E-state index contributed by atoms with van der Waals surface area (Å²) in [5, 5.41) is 15.5. The van der Waals surface area contributed by atoms with Gasteiger partial charge in [-0.2, -0.15) is 0 Å². The monoisotopic (exact) mass is 352 g/mol. The van der Waals surface area contributed by atoms with Crippen LogP contribution in [0.15, 0.2) is 57.8 Å². The maximum atomic E-state index is 12.8. The summed E-state index contributed by atoms with van der Waals surface area (Å²) in [6, 6.07) is 13.7. The maximum absolute atomic E-state index is 12.8. The Labute approximate surface area is 147 Å². The number of H-pyrrole nitrogens is 1. The van der Waals surface area contributed by atoms with E-state index < -0.39 is 0 Å². The molecule has 2 aromatic heterocycles. The zero-order chi connectivity index (χ0) is 17.6. The number of rotatable bonds is 2. The van der Waals surface area contributed by atoms with E-state index in [0.717, 1.165) is 0 Å². The zero-order valence-electron chi connectivity index (χ0n) is 13.2. The number of phenolic OH excluding ortho intramolecular Hbond substituents is 1. The van der Waals surface area contributed by atoms with Gasteiger partial charge in [0, 0.05) is 33.1 Å². The van der Waals surface area contributed by atoms with Crippen LogP contribution in [-0.2, 0) is 0 Å². The minimum absolute atomic E-state index is 0.0619. The van der Waals surface area contributed by atoms with Gasteiger partial charge in [0.05, 0.1) is 11.3 Å². The van der Waals surface area contributed by atoms with Crippen LogP contribution in [0.2, 0.25) is 5.02 Å². The van der Waals surface area contributed by atoms with Gasteiger partial charge in [-0.05, 0) is 31.2 Å². The highest BCUT2D eigenvalue weighted by molar-refractivity contribution is 6.31.